The van der Waals surface area contributed by atoms with Gasteiger partial charge in [-0.15, -0.1) is 0 Å². The van der Waals surface area contributed by atoms with Crippen LogP contribution in [0.1, 0.15) is 13.3 Å². The van der Waals surface area contributed by atoms with Gasteiger partial charge in [-0.2, -0.15) is 0 Å². The molecule has 1 atom stereocenters. The molecule has 0 radical (unpaired) electrons. The van der Waals surface area contributed by atoms with Crippen molar-refractivity contribution >= 4 is 27.5 Å². The summed E-state index contributed by atoms with van der Waals surface area (Å²) in [6, 6.07) is 1.53. The van der Waals surface area contributed by atoms with Crippen LogP contribution in [0.25, 0.3) is 0 Å². The van der Waals surface area contributed by atoms with E-state index in [0.717, 1.165) is 0 Å². The number of hydrogen-bond acceptors (Lipinski definition) is 6. The van der Waals surface area contributed by atoms with Gasteiger partial charge in [0.2, 0.25) is 5.91 Å². The van der Waals surface area contributed by atoms with Crippen LogP contribution in [0.4, 0.5) is 0 Å². The van der Waals surface area contributed by atoms with E-state index in [2.05, 4.69) is 9.97 Å². The average Bonchev–Trinajstić information content (AvgIpc) is 2.78. The molecule has 0 spiro atoms. The summed E-state index contributed by atoms with van der Waals surface area (Å²) in [6.07, 6.45) is 3.79. The Hall–Kier alpha value is -1.15. The van der Waals surface area contributed by atoms with E-state index in [1.54, 1.807) is 23.4 Å². The molecule has 0 bridgehead atoms. The standard InChI is InChI=1S/C12H17N3O3S2/c1-2-15(10-4-7-20(17,18)9-10)11(16)8-19-12-13-5-3-6-14-12/h3,5-6,10H,2,4,7-9H2,1H3/t10-/m1/s1. The van der Waals surface area contributed by atoms with Crippen LogP contribution in [0.15, 0.2) is 23.6 Å². The molecule has 6 nitrogen and oxygen atoms in total. The van der Waals surface area contributed by atoms with Crippen LogP contribution in [0.3, 0.4) is 0 Å². The molecule has 1 aliphatic heterocycles. The monoisotopic (exact) mass is 315 g/mol. The largest absolute Gasteiger partial charge is 0.338 e. The zero-order chi connectivity index (χ0) is 14.6. The molecule has 0 aromatic carbocycles. The van der Waals surface area contributed by atoms with Gasteiger partial charge >= 0.3 is 0 Å². The maximum Gasteiger partial charge on any atom is 0.233 e. The Bertz CT molecular complexity index is 563. The quantitative estimate of drug-likeness (QED) is 0.585. The maximum atomic E-state index is 12.2. The minimum atomic E-state index is -2.98. The second-order valence-corrected chi connectivity index (χ2v) is 7.73. The Morgan fingerprint density at radius 3 is 2.70 bits per heavy atom. The smallest absolute Gasteiger partial charge is 0.233 e. The van der Waals surface area contributed by atoms with Gasteiger partial charge in [0.15, 0.2) is 15.0 Å². The highest BCUT2D eigenvalue weighted by Gasteiger charge is 2.33. The first-order valence-corrected chi connectivity index (χ1v) is 9.22. The Balaban J connectivity index is 1.93. The van der Waals surface area contributed by atoms with E-state index in [4.69, 9.17) is 0 Å². The van der Waals surface area contributed by atoms with Crippen LogP contribution in [0.5, 0.6) is 0 Å². The van der Waals surface area contributed by atoms with Crippen molar-refractivity contribution in [2.45, 2.75) is 24.5 Å². The number of sulfone groups is 1. The average molecular weight is 315 g/mol. The lowest BCUT2D eigenvalue weighted by atomic mass is 10.2. The zero-order valence-electron chi connectivity index (χ0n) is 11.2. The van der Waals surface area contributed by atoms with Gasteiger partial charge < -0.3 is 4.90 Å². The highest BCUT2D eigenvalue weighted by Crippen LogP contribution is 2.20. The Morgan fingerprint density at radius 2 is 2.15 bits per heavy atom. The minimum Gasteiger partial charge on any atom is -0.338 e. The van der Waals surface area contributed by atoms with Gasteiger partial charge in [-0.05, 0) is 19.4 Å². The highest BCUT2D eigenvalue weighted by atomic mass is 32.2. The summed E-state index contributed by atoms with van der Waals surface area (Å²) in [5.74, 6) is 0.427. The minimum absolute atomic E-state index is 0.0629. The molecule has 2 rings (SSSR count). The van der Waals surface area contributed by atoms with Crippen LogP contribution in [-0.2, 0) is 14.6 Å². The molecule has 1 aromatic heterocycles. The molecule has 20 heavy (non-hydrogen) atoms. The molecular formula is C12H17N3O3S2. The summed E-state index contributed by atoms with van der Waals surface area (Å²) in [5, 5.41) is 0.552. The lowest BCUT2D eigenvalue weighted by Gasteiger charge is -2.26. The first kappa shape index (κ1) is 15.2. The van der Waals surface area contributed by atoms with Gasteiger partial charge in [0.05, 0.1) is 17.3 Å². The van der Waals surface area contributed by atoms with E-state index in [9.17, 15) is 13.2 Å². The van der Waals surface area contributed by atoms with Crippen molar-refractivity contribution in [3.8, 4) is 0 Å². The van der Waals surface area contributed by atoms with E-state index in [1.165, 1.54) is 11.8 Å². The molecule has 8 heteroatoms. The molecule has 1 saturated heterocycles. The third-order valence-electron chi connectivity index (χ3n) is 3.18. The summed E-state index contributed by atoms with van der Waals surface area (Å²) in [6.45, 7) is 2.39. The van der Waals surface area contributed by atoms with Gasteiger partial charge in [-0.25, -0.2) is 18.4 Å². The van der Waals surface area contributed by atoms with Gasteiger partial charge in [-0.1, -0.05) is 11.8 Å². The normalized spacial score (nSPS) is 20.8. The van der Waals surface area contributed by atoms with E-state index < -0.39 is 9.84 Å². The third-order valence-corrected chi connectivity index (χ3v) is 5.79. The van der Waals surface area contributed by atoms with Gasteiger partial charge in [0, 0.05) is 25.0 Å². The summed E-state index contributed by atoms with van der Waals surface area (Å²) in [4.78, 5) is 21.9. The number of nitrogens with zero attached hydrogens (tertiary/aromatic N) is 3. The number of carbonyl (C=O) groups excluding carboxylic acids is 1. The van der Waals surface area contributed by atoms with E-state index in [0.29, 0.717) is 18.1 Å². The fourth-order valence-corrected chi connectivity index (χ4v) is 4.65. The SMILES string of the molecule is CCN(C(=O)CSc1ncccn1)[C@@H]1CCS(=O)(=O)C1. The molecule has 0 unspecified atom stereocenters. The summed E-state index contributed by atoms with van der Waals surface area (Å²) >= 11 is 1.27. The van der Waals surface area contributed by atoms with E-state index in [-0.39, 0.29) is 29.2 Å². The second kappa shape index (κ2) is 6.53. The van der Waals surface area contributed by atoms with Crippen LogP contribution in [-0.4, -0.2) is 59.0 Å². The van der Waals surface area contributed by atoms with Crippen molar-refractivity contribution in [3.63, 3.8) is 0 Å². The molecule has 110 valence electrons. The van der Waals surface area contributed by atoms with Crippen molar-refractivity contribution < 1.29 is 13.2 Å². The van der Waals surface area contributed by atoms with Gasteiger partial charge in [0.25, 0.3) is 0 Å². The molecule has 0 saturated carbocycles. The maximum absolute atomic E-state index is 12.2. The van der Waals surface area contributed by atoms with Crippen LogP contribution < -0.4 is 0 Å². The molecule has 2 heterocycles. The lowest BCUT2D eigenvalue weighted by molar-refractivity contribution is -0.129. The molecule has 1 aliphatic rings. The van der Waals surface area contributed by atoms with Crippen molar-refractivity contribution in [1.29, 1.82) is 0 Å². The first-order chi connectivity index (χ1) is 9.52. The summed E-state index contributed by atoms with van der Waals surface area (Å²) in [5.41, 5.74) is 0. The van der Waals surface area contributed by atoms with E-state index >= 15 is 0 Å². The number of amides is 1. The molecule has 1 amide bonds. The fraction of sp³-hybridized carbons (Fsp3) is 0.583. The van der Waals surface area contributed by atoms with Gasteiger partial charge in [0.1, 0.15) is 0 Å². The fourth-order valence-electron chi connectivity index (χ4n) is 2.23. The van der Waals surface area contributed by atoms with Crippen molar-refractivity contribution in [2.75, 3.05) is 23.8 Å². The Kier molecular flexibility index (Phi) is 4.98. The topological polar surface area (TPSA) is 80.2 Å². The second-order valence-electron chi connectivity index (χ2n) is 4.56. The number of rotatable bonds is 5. The Labute approximate surface area is 122 Å². The van der Waals surface area contributed by atoms with Crippen molar-refractivity contribution in [2.24, 2.45) is 0 Å². The number of carbonyl (C=O) groups is 1. The van der Waals surface area contributed by atoms with Gasteiger partial charge in [-0.3, -0.25) is 4.79 Å². The van der Waals surface area contributed by atoms with Crippen molar-refractivity contribution in [3.05, 3.63) is 18.5 Å². The summed E-state index contributed by atoms with van der Waals surface area (Å²) < 4.78 is 23.0. The van der Waals surface area contributed by atoms with Crippen LogP contribution in [0.2, 0.25) is 0 Å². The number of thioether (sulfide) groups is 1. The molecule has 0 aliphatic carbocycles. The molecule has 1 aromatic rings. The predicted molar refractivity (Wildman–Crippen MR) is 77.2 cm³/mol. The lowest BCUT2D eigenvalue weighted by Crippen LogP contribution is -2.41. The molecule has 1 fully saturated rings. The first-order valence-electron chi connectivity index (χ1n) is 6.41. The predicted octanol–water partition coefficient (Wildman–Crippen LogP) is 0.604. The van der Waals surface area contributed by atoms with Crippen LogP contribution in [0, 0.1) is 0 Å². The summed E-state index contributed by atoms with van der Waals surface area (Å²) in [7, 11) is -2.98. The number of hydrogen-bond donors (Lipinski definition) is 0. The highest BCUT2D eigenvalue weighted by molar-refractivity contribution is 7.99. The van der Waals surface area contributed by atoms with E-state index in [1.807, 2.05) is 6.92 Å². The Morgan fingerprint density at radius 1 is 1.45 bits per heavy atom. The third kappa shape index (κ3) is 3.92. The molecule has 0 N–H and O–H groups in total. The van der Waals surface area contributed by atoms with Crippen LogP contribution >= 0.6 is 11.8 Å². The molecular weight excluding hydrogens is 298 g/mol. The number of aromatic nitrogens is 2. The van der Waals surface area contributed by atoms with Crippen molar-refractivity contribution in [1.82, 2.24) is 14.9 Å². The zero-order valence-corrected chi connectivity index (χ0v) is 12.9.